The molecular formula is C43H55ClO9. The van der Waals surface area contributed by atoms with Crippen LogP contribution in [0.2, 0.25) is 5.02 Å². The Hall–Kier alpha value is -3.05. The molecule has 10 heteroatoms. The summed E-state index contributed by atoms with van der Waals surface area (Å²) in [6, 6.07) is 6.36. The maximum absolute atomic E-state index is 14.5. The molecule has 53 heavy (non-hydrogen) atoms. The molecule has 2 bridgehead atoms. The number of carbonyl (C=O) groups excluding carboxylic acids is 2. The molecule has 0 unspecified atom stereocenters. The lowest BCUT2D eigenvalue weighted by atomic mass is 9.70. The molecule has 4 aliphatic heterocycles. The maximum atomic E-state index is 14.5. The van der Waals surface area contributed by atoms with Gasteiger partial charge in [0.15, 0.2) is 11.9 Å². The third-order valence-corrected chi connectivity index (χ3v) is 11.6. The van der Waals surface area contributed by atoms with Crippen molar-refractivity contribution >= 4 is 23.5 Å². The van der Waals surface area contributed by atoms with Crippen molar-refractivity contribution in [3.8, 4) is 0 Å². The zero-order valence-corrected chi connectivity index (χ0v) is 32.7. The van der Waals surface area contributed by atoms with E-state index in [0.29, 0.717) is 40.5 Å². The highest BCUT2D eigenvalue weighted by molar-refractivity contribution is 6.30. The summed E-state index contributed by atoms with van der Waals surface area (Å²) >= 11 is 6.04. The molecule has 0 aromatic heterocycles. The molecule has 3 fully saturated rings. The van der Waals surface area contributed by atoms with E-state index < -0.39 is 53.7 Å². The van der Waals surface area contributed by atoms with Gasteiger partial charge < -0.3 is 33.9 Å². The van der Waals surface area contributed by atoms with E-state index >= 15 is 0 Å². The van der Waals surface area contributed by atoms with Crippen LogP contribution in [0.5, 0.6) is 0 Å². The van der Waals surface area contributed by atoms with E-state index in [4.69, 9.17) is 35.3 Å². The Balaban J connectivity index is 1.36. The van der Waals surface area contributed by atoms with E-state index in [0.717, 1.165) is 12.0 Å². The number of rotatable bonds is 4. The SMILES string of the molecule is CC1=C[C@H]2C(=O)O[C@H]3C[C@@H](C/C=C(\C)C[C@@H](C)/C=C/C=C4\CO[C@H]([C@@H]1OC(=O)c1ccc(Cl)cc1)[C@@]42O)O[C@]1(C3)C[C@H](O)[C@H](C)[C@@H](/C(C)=C/C(C)C)O1. The van der Waals surface area contributed by atoms with Gasteiger partial charge in [0.1, 0.15) is 23.7 Å². The van der Waals surface area contributed by atoms with Crippen molar-refractivity contribution < 1.29 is 43.5 Å². The summed E-state index contributed by atoms with van der Waals surface area (Å²) in [5.41, 5.74) is 1.72. The molecule has 2 N–H and O–H groups in total. The molecule has 6 rings (SSSR count). The number of benzene rings is 1. The molecule has 1 aromatic carbocycles. The third-order valence-electron chi connectivity index (χ3n) is 11.4. The summed E-state index contributed by atoms with van der Waals surface area (Å²) in [5.74, 6) is -3.22. The molecule has 4 heterocycles. The van der Waals surface area contributed by atoms with E-state index in [2.05, 4.69) is 45.9 Å². The van der Waals surface area contributed by atoms with Crippen molar-refractivity contribution in [2.75, 3.05) is 6.61 Å². The average Bonchev–Trinajstić information content (AvgIpc) is 3.42. The number of hydrogen-bond acceptors (Lipinski definition) is 9. The van der Waals surface area contributed by atoms with Crippen molar-refractivity contribution in [1.82, 2.24) is 0 Å². The first kappa shape index (κ1) is 39.6. The lowest BCUT2D eigenvalue weighted by Crippen LogP contribution is -2.60. The predicted octanol–water partition coefficient (Wildman–Crippen LogP) is 7.61. The maximum Gasteiger partial charge on any atom is 0.338 e. The summed E-state index contributed by atoms with van der Waals surface area (Å²) in [7, 11) is 0. The van der Waals surface area contributed by atoms with Gasteiger partial charge in [-0.3, -0.25) is 4.79 Å². The number of ether oxygens (including phenoxy) is 5. The number of fused-ring (bicyclic) bond motifs is 2. The van der Waals surface area contributed by atoms with Gasteiger partial charge >= 0.3 is 11.9 Å². The van der Waals surface area contributed by atoms with Crippen molar-refractivity contribution in [3.63, 3.8) is 0 Å². The number of allylic oxidation sites excluding steroid dienone is 5. The topological polar surface area (TPSA) is 121 Å². The lowest BCUT2D eigenvalue weighted by molar-refractivity contribution is -0.342. The second-order valence-electron chi connectivity index (χ2n) is 16.3. The summed E-state index contributed by atoms with van der Waals surface area (Å²) < 4.78 is 32.2. The van der Waals surface area contributed by atoms with Crippen molar-refractivity contribution in [3.05, 3.63) is 93.6 Å². The minimum Gasteiger partial charge on any atom is -0.462 e. The fourth-order valence-corrected chi connectivity index (χ4v) is 8.88. The Morgan fingerprint density at radius 1 is 1.09 bits per heavy atom. The second kappa shape index (κ2) is 16.0. The second-order valence-corrected chi connectivity index (χ2v) is 16.7. The van der Waals surface area contributed by atoms with Crippen LogP contribution in [0.25, 0.3) is 0 Å². The Morgan fingerprint density at radius 3 is 2.55 bits per heavy atom. The van der Waals surface area contributed by atoms with E-state index in [-0.39, 0.29) is 43.5 Å². The Kier molecular flexibility index (Phi) is 11.9. The van der Waals surface area contributed by atoms with Gasteiger partial charge in [0.25, 0.3) is 0 Å². The molecule has 1 spiro atoms. The molecule has 1 aromatic rings. The number of hydrogen-bond donors (Lipinski definition) is 2. The zero-order valence-electron chi connectivity index (χ0n) is 31.9. The van der Waals surface area contributed by atoms with Gasteiger partial charge in [-0.25, -0.2) is 4.79 Å². The van der Waals surface area contributed by atoms with Crippen LogP contribution in [-0.4, -0.2) is 76.8 Å². The van der Waals surface area contributed by atoms with Crippen LogP contribution in [0, 0.1) is 23.7 Å². The van der Waals surface area contributed by atoms with Gasteiger partial charge in [-0.1, -0.05) is 81.3 Å². The van der Waals surface area contributed by atoms with Gasteiger partial charge in [0.05, 0.1) is 30.5 Å². The highest BCUT2D eigenvalue weighted by atomic mass is 35.5. The van der Waals surface area contributed by atoms with Gasteiger partial charge in [0.2, 0.25) is 0 Å². The number of halogens is 1. The first-order chi connectivity index (χ1) is 25.1. The zero-order chi connectivity index (χ0) is 38.2. The van der Waals surface area contributed by atoms with Gasteiger partial charge in [-0.2, -0.15) is 0 Å². The van der Waals surface area contributed by atoms with Crippen LogP contribution in [0.4, 0.5) is 0 Å². The van der Waals surface area contributed by atoms with E-state index in [9.17, 15) is 19.8 Å². The summed E-state index contributed by atoms with van der Waals surface area (Å²) in [6.07, 6.45) is 9.99. The van der Waals surface area contributed by atoms with Gasteiger partial charge in [-0.05, 0) is 86.4 Å². The van der Waals surface area contributed by atoms with Crippen molar-refractivity contribution in [2.45, 2.75) is 129 Å². The predicted molar refractivity (Wildman–Crippen MR) is 202 cm³/mol. The van der Waals surface area contributed by atoms with E-state index in [1.807, 2.05) is 19.9 Å². The lowest BCUT2D eigenvalue weighted by Gasteiger charge is -2.51. The van der Waals surface area contributed by atoms with Crippen LogP contribution >= 0.6 is 11.6 Å². The molecule has 5 aliphatic rings. The highest BCUT2D eigenvalue weighted by Gasteiger charge is 2.61. The number of aliphatic hydroxyl groups excluding tert-OH is 1. The first-order valence-electron chi connectivity index (χ1n) is 19.0. The van der Waals surface area contributed by atoms with Crippen LogP contribution in [0.1, 0.15) is 90.9 Å². The van der Waals surface area contributed by atoms with E-state index in [1.54, 1.807) is 43.3 Å². The fourth-order valence-electron chi connectivity index (χ4n) is 8.75. The third kappa shape index (κ3) is 8.46. The monoisotopic (exact) mass is 750 g/mol. The molecule has 11 atom stereocenters. The Bertz CT molecular complexity index is 1690. The molecule has 0 radical (unpaired) electrons. The molecule has 9 nitrogen and oxygen atoms in total. The largest absolute Gasteiger partial charge is 0.462 e. The van der Waals surface area contributed by atoms with Crippen molar-refractivity contribution in [2.24, 2.45) is 23.7 Å². The normalized spacial score (nSPS) is 40.7. The van der Waals surface area contributed by atoms with Gasteiger partial charge in [-0.15, -0.1) is 0 Å². The minimum atomic E-state index is -1.86. The number of esters is 2. The van der Waals surface area contributed by atoms with Crippen LogP contribution in [0.15, 0.2) is 83.0 Å². The smallest absolute Gasteiger partial charge is 0.338 e. The molecule has 1 aliphatic carbocycles. The first-order valence-corrected chi connectivity index (χ1v) is 19.4. The quantitative estimate of drug-likeness (QED) is 0.237. The molecule has 288 valence electrons. The van der Waals surface area contributed by atoms with Crippen LogP contribution in [0.3, 0.4) is 0 Å². The van der Waals surface area contributed by atoms with Gasteiger partial charge in [0, 0.05) is 30.2 Å². The Morgan fingerprint density at radius 2 is 1.83 bits per heavy atom. The minimum absolute atomic E-state index is 0.0374. The summed E-state index contributed by atoms with van der Waals surface area (Å²) in [4.78, 5) is 27.8. The van der Waals surface area contributed by atoms with E-state index in [1.165, 1.54) is 5.57 Å². The number of aliphatic hydroxyl groups is 2. The highest BCUT2D eigenvalue weighted by Crippen LogP contribution is 2.48. The Labute approximate surface area is 318 Å². The molecular weight excluding hydrogens is 696 g/mol. The molecule has 0 saturated carbocycles. The van der Waals surface area contributed by atoms with Crippen LogP contribution in [-0.2, 0) is 28.5 Å². The summed E-state index contributed by atoms with van der Waals surface area (Å²) in [5, 5.41) is 24.6. The van der Waals surface area contributed by atoms with Crippen LogP contribution < -0.4 is 0 Å². The average molecular weight is 751 g/mol. The molecule has 3 saturated heterocycles. The standard InChI is InChI=1S/C43H55ClO9/c1-24(2)17-27(5)37-29(7)36(45)22-42(53-37)21-34-20-33(52-42)16-11-26(4)18-25(3)9-8-10-31-23-49-39-38(51-40(46)30-12-14-32(44)15-13-30)28(6)19-35(41(47)50-34)43(31,39)48/h8-15,17,19,24-25,29,33-39,45,48H,16,18,20-23H2,1-7H3/b9-8+,26-11+,27-17+,31-10+/t25-,29-,33+,34-,35-,36-,37+,38+,39+,42-,43+/m0/s1. The molecule has 0 amide bonds. The fraction of sp³-hybridized carbons (Fsp3) is 0.581. The van der Waals surface area contributed by atoms with Crippen molar-refractivity contribution in [1.29, 1.82) is 0 Å². The number of carbonyl (C=O) groups is 2. The summed E-state index contributed by atoms with van der Waals surface area (Å²) in [6.45, 7) is 14.3.